The van der Waals surface area contributed by atoms with Crippen LogP contribution in [0.3, 0.4) is 0 Å². The molecule has 0 aliphatic carbocycles. The van der Waals surface area contributed by atoms with Gasteiger partial charge in [-0.2, -0.15) is 0 Å². The van der Waals surface area contributed by atoms with Gasteiger partial charge in [0.25, 0.3) is 0 Å². The Morgan fingerprint density at radius 1 is 1.29 bits per heavy atom. The highest BCUT2D eigenvalue weighted by atomic mass is 14.9. The van der Waals surface area contributed by atoms with Crippen molar-refractivity contribution in [3.8, 4) is 0 Å². The number of rotatable bonds is 6. The van der Waals surface area contributed by atoms with E-state index in [1.807, 2.05) is 0 Å². The molecule has 1 heterocycles. The summed E-state index contributed by atoms with van der Waals surface area (Å²) >= 11 is 0. The molecule has 0 saturated heterocycles. The monoisotopic (exact) mass is 236 g/mol. The molecule has 1 aromatic heterocycles. The first kappa shape index (κ1) is 14.3. The van der Waals surface area contributed by atoms with Crippen LogP contribution in [-0.2, 0) is 13.1 Å². The van der Waals surface area contributed by atoms with Gasteiger partial charge in [0.1, 0.15) is 0 Å². The van der Waals surface area contributed by atoms with Gasteiger partial charge in [0.05, 0.1) is 0 Å². The highest BCUT2D eigenvalue weighted by molar-refractivity contribution is 5.09. The Bertz CT molecular complexity index is 318. The maximum absolute atomic E-state index is 3.44. The van der Waals surface area contributed by atoms with Crippen molar-refractivity contribution in [2.45, 2.75) is 66.6 Å². The topological polar surface area (TPSA) is 17.0 Å². The lowest BCUT2D eigenvalue weighted by atomic mass is 9.91. The van der Waals surface area contributed by atoms with Crippen LogP contribution >= 0.6 is 0 Å². The molecule has 0 bridgehead atoms. The zero-order chi connectivity index (χ0) is 12.9. The maximum Gasteiger partial charge on any atom is 0.0222 e. The summed E-state index contributed by atoms with van der Waals surface area (Å²) in [7, 11) is 0. The zero-order valence-electron chi connectivity index (χ0n) is 12.1. The van der Waals surface area contributed by atoms with Crippen molar-refractivity contribution in [1.82, 2.24) is 9.88 Å². The van der Waals surface area contributed by atoms with Gasteiger partial charge in [-0.25, -0.2) is 0 Å². The number of aromatic nitrogens is 1. The molecule has 1 aromatic rings. The van der Waals surface area contributed by atoms with Crippen molar-refractivity contribution in [3.05, 3.63) is 24.0 Å². The van der Waals surface area contributed by atoms with Crippen LogP contribution in [-0.4, -0.2) is 10.6 Å². The number of aryl methyl sites for hydroxylation is 1. The fourth-order valence-corrected chi connectivity index (χ4v) is 1.85. The van der Waals surface area contributed by atoms with E-state index in [0.29, 0.717) is 11.5 Å². The number of nitrogens with zero attached hydrogens (tertiary/aromatic N) is 1. The quantitative estimate of drug-likeness (QED) is 0.794. The molecule has 1 rings (SSSR count). The smallest absolute Gasteiger partial charge is 0.0222 e. The van der Waals surface area contributed by atoms with Gasteiger partial charge in [-0.1, -0.05) is 34.6 Å². The Labute approximate surface area is 106 Å². The van der Waals surface area contributed by atoms with Crippen LogP contribution < -0.4 is 5.32 Å². The third-order valence-corrected chi connectivity index (χ3v) is 2.87. The highest BCUT2D eigenvalue weighted by Gasteiger charge is 2.09. The lowest BCUT2D eigenvalue weighted by Gasteiger charge is -2.17. The maximum atomic E-state index is 3.44. The minimum atomic E-state index is 0.454. The van der Waals surface area contributed by atoms with E-state index in [9.17, 15) is 0 Å². The second kappa shape index (κ2) is 6.25. The molecule has 0 radical (unpaired) electrons. The minimum Gasteiger partial charge on any atom is -0.354 e. The standard InChI is InChI=1S/C15H28N2/c1-13(2)16-11-14-7-10-17(12-14)9-6-8-15(3,4)5/h7,10,12-13,16H,6,8-9,11H2,1-5H3. The molecule has 0 atom stereocenters. The van der Waals surface area contributed by atoms with Crippen LogP contribution in [0.25, 0.3) is 0 Å². The molecule has 0 aliphatic heterocycles. The van der Waals surface area contributed by atoms with Gasteiger partial charge in [-0.05, 0) is 29.9 Å². The Morgan fingerprint density at radius 2 is 2.00 bits per heavy atom. The van der Waals surface area contributed by atoms with Crippen LogP contribution in [0.15, 0.2) is 18.5 Å². The Hall–Kier alpha value is -0.760. The average Bonchev–Trinajstić information content (AvgIpc) is 2.61. The molecule has 0 amide bonds. The molecule has 0 aliphatic rings. The molecule has 98 valence electrons. The van der Waals surface area contributed by atoms with E-state index in [2.05, 4.69) is 63.0 Å². The first-order valence-electron chi connectivity index (χ1n) is 6.75. The molecule has 0 fully saturated rings. The first-order valence-corrected chi connectivity index (χ1v) is 6.75. The van der Waals surface area contributed by atoms with Gasteiger partial charge in [-0.15, -0.1) is 0 Å². The van der Waals surface area contributed by atoms with Crippen molar-refractivity contribution in [2.75, 3.05) is 0 Å². The molecule has 0 spiro atoms. The molecule has 0 unspecified atom stereocenters. The number of nitrogens with one attached hydrogen (secondary N) is 1. The Kier molecular flexibility index (Phi) is 5.26. The van der Waals surface area contributed by atoms with Gasteiger partial charge < -0.3 is 9.88 Å². The molecule has 1 N–H and O–H groups in total. The molecule has 0 saturated carbocycles. The Balaban J connectivity index is 2.31. The van der Waals surface area contributed by atoms with Crippen molar-refractivity contribution < 1.29 is 0 Å². The summed E-state index contributed by atoms with van der Waals surface area (Å²) in [5.41, 5.74) is 1.84. The highest BCUT2D eigenvalue weighted by Crippen LogP contribution is 2.20. The molecular formula is C15H28N2. The summed E-state index contributed by atoms with van der Waals surface area (Å²) in [5.74, 6) is 0. The second-order valence-corrected chi connectivity index (χ2v) is 6.46. The summed E-state index contributed by atoms with van der Waals surface area (Å²) in [5, 5.41) is 3.44. The van der Waals surface area contributed by atoms with Gasteiger partial charge in [0.15, 0.2) is 0 Å². The SMILES string of the molecule is CC(C)NCc1ccn(CCCC(C)(C)C)c1. The fraction of sp³-hybridized carbons (Fsp3) is 0.733. The van der Waals surface area contributed by atoms with E-state index in [4.69, 9.17) is 0 Å². The molecule has 2 heteroatoms. The normalized spacial score (nSPS) is 12.4. The number of hydrogen-bond donors (Lipinski definition) is 1. The van der Waals surface area contributed by atoms with Crippen molar-refractivity contribution in [1.29, 1.82) is 0 Å². The molecule has 17 heavy (non-hydrogen) atoms. The van der Waals surface area contributed by atoms with Gasteiger partial charge >= 0.3 is 0 Å². The summed E-state index contributed by atoms with van der Waals surface area (Å²) in [6.07, 6.45) is 7.00. The summed E-state index contributed by atoms with van der Waals surface area (Å²) < 4.78 is 2.31. The lowest BCUT2D eigenvalue weighted by Crippen LogP contribution is -2.21. The molecule has 2 nitrogen and oxygen atoms in total. The molecular weight excluding hydrogens is 208 g/mol. The van der Waals surface area contributed by atoms with Crippen molar-refractivity contribution >= 4 is 0 Å². The molecule has 0 aromatic carbocycles. The second-order valence-electron chi connectivity index (χ2n) is 6.46. The van der Waals surface area contributed by atoms with Gasteiger partial charge in [0, 0.05) is 31.5 Å². The first-order chi connectivity index (χ1) is 7.87. The summed E-state index contributed by atoms with van der Waals surface area (Å²) in [6, 6.07) is 2.77. The minimum absolute atomic E-state index is 0.454. The number of hydrogen-bond acceptors (Lipinski definition) is 1. The van der Waals surface area contributed by atoms with Crippen molar-refractivity contribution in [3.63, 3.8) is 0 Å². The van der Waals surface area contributed by atoms with Crippen molar-refractivity contribution in [2.24, 2.45) is 5.41 Å². The Morgan fingerprint density at radius 3 is 2.59 bits per heavy atom. The summed E-state index contributed by atoms with van der Waals surface area (Å²) in [6.45, 7) is 13.4. The third-order valence-electron chi connectivity index (χ3n) is 2.87. The van der Waals surface area contributed by atoms with E-state index in [1.54, 1.807) is 0 Å². The van der Waals surface area contributed by atoms with Gasteiger partial charge in [0.2, 0.25) is 0 Å². The lowest BCUT2D eigenvalue weighted by molar-refractivity contribution is 0.353. The van der Waals surface area contributed by atoms with Crippen LogP contribution in [0.1, 0.15) is 53.0 Å². The van der Waals surface area contributed by atoms with Crippen LogP contribution in [0, 0.1) is 5.41 Å². The average molecular weight is 236 g/mol. The zero-order valence-corrected chi connectivity index (χ0v) is 12.1. The van der Waals surface area contributed by atoms with Gasteiger partial charge in [-0.3, -0.25) is 0 Å². The predicted octanol–water partition coefficient (Wildman–Crippen LogP) is 3.81. The van der Waals surface area contributed by atoms with Crippen LogP contribution in [0.4, 0.5) is 0 Å². The van der Waals surface area contributed by atoms with E-state index >= 15 is 0 Å². The van der Waals surface area contributed by atoms with E-state index in [0.717, 1.165) is 13.1 Å². The van der Waals surface area contributed by atoms with E-state index < -0.39 is 0 Å². The third kappa shape index (κ3) is 6.52. The van der Waals surface area contributed by atoms with Crippen LogP contribution in [0.2, 0.25) is 0 Å². The van der Waals surface area contributed by atoms with E-state index in [1.165, 1.54) is 18.4 Å². The largest absolute Gasteiger partial charge is 0.354 e. The predicted molar refractivity (Wildman–Crippen MR) is 75.1 cm³/mol. The van der Waals surface area contributed by atoms with E-state index in [-0.39, 0.29) is 0 Å². The summed E-state index contributed by atoms with van der Waals surface area (Å²) in [4.78, 5) is 0. The van der Waals surface area contributed by atoms with Crippen LogP contribution in [0.5, 0.6) is 0 Å². The fourth-order valence-electron chi connectivity index (χ4n) is 1.85.